The lowest BCUT2D eigenvalue weighted by atomic mass is 9.87. The zero-order chi connectivity index (χ0) is 23.8. The van der Waals surface area contributed by atoms with E-state index >= 15 is 0 Å². The molecule has 2 fully saturated rings. The molecule has 0 aromatic rings. The highest BCUT2D eigenvalue weighted by atomic mass is 16.5. The number of hydrogen-bond acceptors (Lipinski definition) is 6. The van der Waals surface area contributed by atoms with E-state index in [1.165, 1.54) is 0 Å². The Morgan fingerprint density at radius 1 is 0.688 bits per heavy atom. The molecule has 2 N–H and O–H groups in total. The van der Waals surface area contributed by atoms with Crippen LogP contribution >= 0.6 is 0 Å². The standard InChI is InChI=1S/C26H48N2O4/c1-19-15-21(17-25(3,4)27-19)31-23(29)13-11-9-7-8-10-12-14-24(30)32-22-16-20(2)28-26(5,6)18-22/h19-22,27-28H,7-18H2,1-6H3. The summed E-state index contributed by atoms with van der Waals surface area (Å²) in [5, 5.41) is 7.09. The molecule has 4 atom stereocenters. The Bertz CT molecular complexity index is 553. The number of hydrogen-bond donors (Lipinski definition) is 2. The molecule has 186 valence electrons. The van der Waals surface area contributed by atoms with Gasteiger partial charge in [0.15, 0.2) is 0 Å². The summed E-state index contributed by atoms with van der Waals surface area (Å²) in [5.74, 6) is -0.115. The van der Waals surface area contributed by atoms with Crippen LogP contribution in [0, 0.1) is 0 Å². The second kappa shape index (κ2) is 12.4. The van der Waals surface area contributed by atoms with Crippen molar-refractivity contribution < 1.29 is 19.1 Å². The molecule has 0 aromatic heterocycles. The van der Waals surface area contributed by atoms with E-state index in [0.29, 0.717) is 24.9 Å². The summed E-state index contributed by atoms with van der Waals surface area (Å²) in [7, 11) is 0. The van der Waals surface area contributed by atoms with Gasteiger partial charge in [0.2, 0.25) is 0 Å². The van der Waals surface area contributed by atoms with Crippen LogP contribution in [0.15, 0.2) is 0 Å². The van der Waals surface area contributed by atoms with Gasteiger partial charge in [-0.3, -0.25) is 9.59 Å². The van der Waals surface area contributed by atoms with Gasteiger partial charge in [-0.15, -0.1) is 0 Å². The first kappa shape index (κ1) is 27.1. The van der Waals surface area contributed by atoms with Gasteiger partial charge in [0.05, 0.1) is 0 Å². The third kappa shape index (κ3) is 10.7. The number of esters is 2. The molecule has 0 radical (unpaired) electrons. The zero-order valence-corrected chi connectivity index (χ0v) is 21.4. The van der Waals surface area contributed by atoms with E-state index in [0.717, 1.165) is 64.2 Å². The summed E-state index contributed by atoms with van der Waals surface area (Å²) in [4.78, 5) is 24.3. The molecular weight excluding hydrogens is 404 g/mol. The third-order valence-electron chi connectivity index (χ3n) is 6.59. The van der Waals surface area contributed by atoms with Crippen molar-refractivity contribution in [2.75, 3.05) is 0 Å². The maximum absolute atomic E-state index is 12.2. The molecule has 2 rings (SSSR count). The Labute approximate surface area is 196 Å². The minimum Gasteiger partial charge on any atom is -0.462 e. The molecule has 0 saturated carbocycles. The van der Waals surface area contributed by atoms with Crippen molar-refractivity contribution in [2.24, 2.45) is 0 Å². The first-order valence-corrected chi connectivity index (χ1v) is 12.9. The Morgan fingerprint density at radius 2 is 1.03 bits per heavy atom. The molecule has 0 spiro atoms. The molecule has 32 heavy (non-hydrogen) atoms. The molecule has 2 aliphatic heterocycles. The molecule has 2 aliphatic rings. The van der Waals surface area contributed by atoms with Crippen molar-refractivity contribution in [1.82, 2.24) is 10.6 Å². The highest BCUT2D eigenvalue weighted by molar-refractivity contribution is 5.69. The summed E-state index contributed by atoms with van der Waals surface area (Å²) in [6.07, 6.45) is 10.7. The van der Waals surface area contributed by atoms with Crippen molar-refractivity contribution in [2.45, 2.75) is 154 Å². The quantitative estimate of drug-likeness (QED) is 0.338. The molecule has 6 nitrogen and oxygen atoms in total. The van der Waals surface area contributed by atoms with E-state index in [2.05, 4.69) is 52.2 Å². The first-order valence-electron chi connectivity index (χ1n) is 12.9. The van der Waals surface area contributed by atoms with Crippen LogP contribution in [-0.2, 0) is 19.1 Å². The summed E-state index contributed by atoms with van der Waals surface area (Å²) < 4.78 is 11.4. The fraction of sp³-hybridized carbons (Fsp3) is 0.923. The molecule has 2 heterocycles. The number of piperidine rings is 2. The number of rotatable bonds is 11. The van der Waals surface area contributed by atoms with Crippen LogP contribution in [0.2, 0.25) is 0 Å². The SMILES string of the molecule is CC1CC(OC(=O)CCCCCCCCC(=O)OC2CC(C)NC(C)(C)C2)CC(C)(C)N1. The van der Waals surface area contributed by atoms with Gasteiger partial charge in [-0.25, -0.2) is 0 Å². The third-order valence-corrected chi connectivity index (χ3v) is 6.59. The molecule has 2 saturated heterocycles. The number of ether oxygens (including phenoxy) is 2. The number of unbranched alkanes of at least 4 members (excludes halogenated alkanes) is 5. The fourth-order valence-corrected chi connectivity index (χ4v) is 5.58. The van der Waals surface area contributed by atoms with Gasteiger partial charge in [0.1, 0.15) is 12.2 Å². The molecule has 0 aliphatic carbocycles. The van der Waals surface area contributed by atoms with Crippen molar-refractivity contribution in [3.05, 3.63) is 0 Å². The largest absolute Gasteiger partial charge is 0.462 e. The predicted octanol–water partition coefficient (Wildman–Crippen LogP) is 5.03. The van der Waals surface area contributed by atoms with Gasteiger partial charge in [-0.05, 0) is 67.2 Å². The van der Waals surface area contributed by atoms with Crippen molar-refractivity contribution >= 4 is 11.9 Å². The summed E-state index contributed by atoms with van der Waals surface area (Å²) in [6.45, 7) is 13.0. The van der Waals surface area contributed by atoms with Crippen molar-refractivity contribution in [3.8, 4) is 0 Å². The Balaban J connectivity index is 1.46. The zero-order valence-electron chi connectivity index (χ0n) is 21.4. The Morgan fingerprint density at radius 3 is 1.38 bits per heavy atom. The van der Waals surface area contributed by atoms with Crippen molar-refractivity contribution in [3.63, 3.8) is 0 Å². The van der Waals surface area contributed by atoms with Crippen LogP contribution < -0.4 is 10.6 Å². The second-order valence-corrected chi connectivity index (χ2v) is 11.6. The average molecular weight is 453 g/mol. The van der Waals surface area contributed by atoms with Crippen LogP contribution in [0.3, 0.4) is 0 Å². The van der Waals surface area contributed by atoms with Gasteiger partial charge in [-0.2, -0.15) is 0 Å². The highest BCUT2D eigenvalue weighted by Crippen LogP contribution is 2.26. The number of carbonyl (C=O) groups is 2. The maximum atomic E-state index is 12.2. The lowest BCUT2D eigenvalue weighted by Crippen LogP contribution is -2.53. The predicted molar refractivity (Wildman–Crippen MR) is 129 cm³/mol. The Kier molecular flexibility index (Phi) is 10.5. The maximum Gasteiger partial charge on any atom is 0.306 e. The molecule has 0 amide bonds. The molecule has 6 heteroatoms. The van der Waals surface area contributed by atoms with Gasteiger partial charge >= 0.3 is 11.9 Å². The first-order chi connectivity index (χ1) is 14.9. The van der Waals surface area contributed by atoms with Crippen molar-refractivity contribution in [1.29, 1.82) is 0 Å². The van der Waals surface area contributed by atoms with E-state index in [4.69, 9.17) is 9.47 Å². The van der Waals surface area contributed by atoms with E-state index < -0.39 is 0 Å². The fourth-order valence-electron chi connectivity index (χ4n) is 5.58. The van der Waals surface area contributed by atoms with Crippen LogP contribution in [0.25, 0.3) is 0 Å². The molecule has 4 unspecified atom stereocenters. The second-order valence-electron chi connectivity index (χ2n) is 11.6. The van der Waals surface area contributed by atoms with Crippen LogP contribution in [0.4, 0.5) is 0 Å². The smallest absolute Gasteiger partial charge is 0.306 e. The summed E-state index contributed by atoms with van der Waals surface area (Å²) >= 11 is 0. The minimum absolute atomic E-state index is 0.0255. The van der Waals surface area contributed by atoms with Gasteiger partial charge in [0.25, 0.3) is 0 Å². The van der Waals surface area contributed by atoms with Gasteiger partial charge < -0.3 is 20.1 Å². The van der Waals surface area contributed by atoms with E-state index in [9.17, 15) is 9.59 Å². The lowest BCUT2D eigenvalue weighted by molar-refractivity contribution is -0.153. The normalized spacial score (nSPS) is 29.3. The Hall–Kier alpha value is -1.14. The van der Waals surface area contributed by atoms with E-state index in [1.54, 1.807) is 0 Å². The average Bonchev–Trinajstić information content (AvgIpc) is 2.60. The van der Waals surface area contributed by atoms with Gasteiger partial charge in [0, 0.05) is 48.8 Å². The van der Waals surface area contributed by atoms with E-state index in [1.807, 2.05) is 0 Å². The van der Waals surface area contributed by atoms with Gasteiger partial charge in [-0.1, -0.05) is 25.7 Å². The number of nitrogens with one attached hydrogen (secondary N) is 2. The molecular formula is C26H48N2O4. The summed E-state index contributed by atoms with van der Waals surface area (Å²) in [5.41, 5.74) is 0.0509. The number of carbonyl (C=O) groups excluding carboxylic acids is 2. The van der Waals surface area contributed by atoms with E-state index in [-0.39, 0.29) is 35.2 Å². The van der Waals surface area contributed by atoms with Crippen LogP contribution in [0.5, 0.6) is 0 Å². The van der Waals surface area contributed by atoms with Crippen LogP contribution in [-0.4, -0.2) is 47.3 Å². The molecule has 0 bridgehead atoms. The minimum atomic E-state index is -0.0574. The highest BCUT2D eigenvalue weighted by Gasteiger charge is 2.34. The summed E-state index contributed by atoms with van der Waals surface area (Å²) in [6, 6.07) is 0.757. The topological polar surface area (TPSA) is 76.7 Å². The van der Waals surface area contributed by atoms with Crippen LogP contribution in [0.1, 0.15) is 119 Å². The molecule has 0 aromatic carbocycles. The monoisotopic (exact) mass is 452 g/mol. The lowest BCUT2D eigenvalue weighted by Gasteiger charge is -2.39.